The van der Waals surface area contributed by atoms with Crippen LogP contribution in [0.25, 0.3) is 0 Å². The molecule has 0 aliphatic rings. The maximum Gasteiger partial charge on any atom is 0.306 e. The molecular weight excluding hydrogens is 985 g/mol. The summed E-state index contributed by atoms with van der Waals surface area (Å²) in [6.45, 7) is 6.73. The Morgan fingerprint density at radius 2 is 0.412 bits per heavy atom. The molecule has 0 aromatic heterocycles. The molecule has 0 fully saturated rings. The normalized spacial score (nSPS) is 12.0. The highest BCUT2D eigenvalue weighted by Gasteiger charge is 2.20. The molecule has 1 unspecified atom stereocenters. The molecule has 6 heteroatoms. The van der Waals surface area contributed by atoms with E-state index in [0.29, 0.717) is 19.3 Å². The summed E-state index contributed by atoms with van der Waals surface area (Å²) in [5, 5.41) is 0. The van der Waals surface area contributed by atoms with Crippen molar-refractivity contribution in [3.8, 4) is 0 Å². The largest absolute Gasteiger partial charge is 0.462 e. The molecule has 0 N–H and O–H groups in total. The van der Waals surface area contributed by atoms with Gasteiger partial charge < -0.3 is 14.2 Å². The average Bonchev–Trinajstić information content (AvgIpc) is 3.46. The second kappa shape index (κ2) is 69.6. The summed E-state index contributed by atoms with van der Waals surface area (Å²) in [7, 11) is 0. The minimum atomic E-state index is -0.764. The van der Waals surface area contributed by atoms with Gasteiger partial charge in [-0.2, -0.15) is 0 Å². The van der Waals surface area contributed by atoms with E-state index in [0.717, 1.165) is 57.8 Å². The zero-order valence-corrected chi connectivity index (χ0v) is 54.6. The Morgan fingerprint density at radius 3 is 0.625 bits per heavy atom. The highest BCUT2D eigenvalue weighted by atomic mass is 16.6. The zero-order valence-electron chi connectivity index (χ0n) is 54.6. The van der Waals surface area contributed by atoms with Crippen LogP contribution in [-0.4, -0.2) is 37.2 Å². The lowest BCUT2D eigenvalue weighted by atomic mass is 10.0. The van der Waals surface area contributed by atoms with Crippen molar-refractivity contribution in [1.29, 1.82) is 0 Å². The van der Waals surface area contributed by atoms with Gasteiger partial charge in [0.1, 0.15) is 13.2 Å². The number of carbonyl (C=O) groups is 3. The first-order valence-electron chi connectivity index (χ1n) is 36.7. The standard InChI is InChI=1S/C74H142O6/c1-4-7-10-13-16-19-22-25-28-29-30-31-32-33-34-35-36-37-38-39-40-41-42-43-44-45-47-49-52-55-58-61-64-67-73(76)79-70-71(69-78-72(75)66-63-60-57-54-51-48-27-24-21-18-15-12-9-6-3)80-74(77)68-65-62-59-56-53-50-46-26-23-20-17-14-11-8-5-2/h29-30,71H,4-28,31-70H2,1-3H3/b30-29-. The summed E-state index contributed by atoms with van der Waals surface area (Å²) in [6.07, 6.45) is 84.1. The van der Waals surface area contributed by atoms with Gasteiger partial charge in [-0.25, -0.2) is 0 Å². The molecule has 0 amide bonds. The van der Waals surface area contributed by atoms with Crippen molar-refractivity contribution in [1.82, 2.24) is 0 Å². The third-order valence-corrected chi connectivity index (χ3v) is 17.0. The Bertz CT molecular complexity index is 1250. The Labute approximate surface area is 501 Å². The lowest BCUT2D eigenvalue weighted by Crippen LogP contribution is -2.30. The lowest BCUT2D eigenvalue weighted by Gasteiger charge is -2.18. The fourth-order valence-electron chi connectivity index (χ4n) is 11.5. The van der Waals surface area contributed by atoms with Gasteiger partial charge in [0.25, 0.3) is 0 Å². The van der Waals surface area contributed by atoms with Crippen LogP contribution in [0.5, 0.6) is 0 Å². The maximum absolute atomic E-state index is 12.9. The quantitative estimate of drug-likeness (QED) is 0.0261. The van der Waals surface area contributed by atoms with Crippen LogP contribution in [-0.2, 0) is 28.6 Å². The Hall–Kier alpha value is -1.85. The van der Waals surface area contributed by atoms with Crippen molar-refractivity contribution in [3.63, 3.8) is 0 Å². The van der Waals surface area contributed by atoms with Crippen LogP contribution < -0.4 is 0 Å². The van der Waals surface area contributed by atoms with Crippen molar-refractivity contribution in [2.24, 2.45) is 0 Å². The molecule has 0 rings (SSSR count). The third kappa shape index (κ3) is 66.9. The van der Waals surface area contributed by atoms with Crippen LogP contribution in [0.4, 0.5) is 0 Å². The summed E-state index contributed by atoms with van der Waals surface area (Å²) in [5.41, 5.74) is 0. The number of unbranched alkanes of at least 4 members (excludes halogenated alkanes) is 56. The SMILES string of the molecule is CCCCCCCCCC/C=C\CCCCCCCCCCCCCCCCCCCCCCCC(=O)OCC(COC(=O)CCCCCCCCCCCCCCCC)OC(=O)CCCCCCCCCCCCCCCCC. The van der Waals surface area contributed by atoms with Crippen LogP contribution in [0, 0.1) is 0 Å². The Balaban J connectivity index is 4.07. The topological polar surface area (TPSA) is 78.9 Å². The minimum Gasteiger partial charge on any atom is -0.462 e. The number of carbonyl (C=O) groups excluding carboxylic acids is 3. The van der Waals surface area contributed by atoms with Gasteiger partial charge in [0.15, 0.2) is 6.10 Å². The van der Waals surface area contributed by atoms with E-state index in [1.807, 2.05) is 0 Å². The van der Waals surface area contributed by atoms with Gasteiger partial charge >= 0.3 is 17.9 Å². The highest BCUT2D eigenvalue weighted by molar-refractivity contribution is 5.71. The van der Waals surface area contributed by atoms with Crippen LogP contribution in [0.15, 0.2) is 12.2 Å². The molecule has 80 heavy (non-hydrogen) atoms. The smallest absolute Gasteiger partial charge is 0.306 e. The van der Waals surface area contributed by atoms with Gasteiger partial charge in [-0.1, -0.05) is 373 Å². The molecule has 0 bridgehead atoms. The fourth-order valence-corrected chi connectivity index (χ4v) is 11.5. The van der Waals surface area contributed by atoms with Crippen LogP contribution in [0.2, 0.25) is 0 Å². The molecule has 0 saturated heterocycles. The molecule has 6 nitrogen and oxygen atoms in total. The van der Waals surface area contributed by atoms with E-state index >= 15 is 0 Å². The number of hydrogen-bond donors (Lipinski definition) is 0. The van der Waals surface area contributed by atoms with Crippen LogP contribution >= 0.6 is 0 Å². The number of rotatable bonds is 69. The minimum absolute atomic E-state index is 0.0616. The number of hydrogen-bond acceptors (Lipinski definition) is 6. The first-order valence-corrected chi connectivity index (χ1v) is 36.7. The van der Waals surface area contributed by atoms with Gasteiger partial charge in [-0.05, 0) is 44.9 Å². The van der Waals surface area contributed by atoms with Gasteiger partial charge in [-0.15, -0.1) is 0 Å². The Morgan fingerprint density at radius 1 is 0.237 bits per heavy atom. The second-order valence-corrected chi connectivity index (χ2v) is 25.2. The molecule has 0 spiro atoms. The van der Waals surface area contributed by atoms with Gasteiger partial charge in [-0.3, -0.25) is 14.4 Å². The first kappa shape index (κ1) is 78.1. The molecule has 0 aliphatic carbocycles. The van der Waals surface area contributed by atoms with E-state index in [1.165, 1.54) is 327 Å². The van der Waals surface area contributed by atoms with Crippen molar-refractivity contribution in [2.75, 3.05) is 13.2 Å². The summed E-state index contributed by atoms with van der Waals surface area (Å²) >= 11 is 0. The predicted octanol–water partition coefficient (Wildman–Crippen LogP) is 25.2. The molecule has 0 heterocycles. The van der Waals surface area contributed by atoms with Crippen molar-refractivity contribution >= 4 is 17.9 Å². The molecule has 0 aromatic carbocycles. The highest BCUT2D eigenvalue weighted by Crippen LogP contribution is 2.19. The average molecular weight is 1130 g/mol. The summed E-state index contributed by atoms with van der Waals surface area (Å²) in [6, 6.07) is 0. The molecular formula is C74H142O6. The summed E-state index contributed by atoms with van der Waals surface area (Å²) in [5.74, 6) is -0.825. The monoisotopic (exact) mass is 1130 g/mol. The van der Waals surface area contributed by atoms with Crippen molar-refractivity contribution in [3.05, 3.63) is 12.2 Å². The van der Waals surface area contributed by atoms with E-state index in [9.17, 15) is 14.4 Å². The second-order valence-electron chi connectivity index (χ2n) is 25.2. The van der Waals surface area contributed by atoms with E-state index in [-0.39, 0.29) is 31.1 Å². The summed E-state index contributed by atoms with van der Waals surface area (Å²) < 4.78 is 17.0. The Kier molecular flexibility index (Phi) is 68.0. The molecule has 1 atom stereocenters. The number of allylic oxidation sites excluding steroid dienone is 2. The van der Waals surface area contributed by atoms with Crippen molar-refractivity contribution in [2.45, 2.75) is 431 Å². The van der Waals surface area contributed by atoms with Crippen LogP contribution in [0.3, 0.4) is 0 Å². The lowest BCUT2D eigenvalue weighted by molar-refractivity contribution is -0.167. The maximum atomic E-state index is 12.9. The van der Waals surface area contributed by atoms with E-state index in [1.54, 1.807) is 0 Å². The molecule has 0 aromatic rings. The predicted molar refractivity (Wildman–Crippen MR) is 349 cm³/mol. The molecule has 0 aliphatic heterocycles. The van der Waals surface area contributed by atoms with E-state index in [4.69, 9.17) is 14.2 Å². The van der Waals surface area contributed by atoms with Crippen LogP contribution in [0.1, 0.15) is 425 Å². The van der Waals surface area contributed by atoms with Crippen molar-refractivity contribution < 1.29 is 28.6 Å². The molecule has 0 saturated carbocycles. The van der Waals surface area contributed by atoms with Gasteiger partial charge in [0.05, 0.1) is 0 Å². The summed E-state index contributed by atoms with van der Waals surface area (Å²) in [4.78, 5) is 38.4. The van der Waals surface area contributed by atoms with E-state index < -0.39 is 6.10 Å². The molecule has 0 radical (unpaired) electrons. The third-order valence-electron chi connectivity index (χ3n) is 17.0. The van der Waals surface area contributed by atoms with E-state index in [2.05, 4.69) is 32.9 Å². The molecule has 474 valence electrons. The fraction of sp³-hybridized carbons (Fsp3) is 0.932. The van der Waals surface area contributed by atoms with Gasteiger partial charge in [0.2, 0.25) is 0 Å². The number of ether oxygens (including phenoxy) is 3. The van der Waals surface area contributed by atoms with Gasteiger partial charge in [0, 0.05) is 19.3 Å². The first-order chi connectivity index (χ1) is 39.5. The number of esters is 3. The zero-order chi connectivity index (χ0) is 57.8.